The Balaban J connectivity index is 2.15. The first-order valence-electron chi connectivity index (χ1n) is 6.10. The lowest BCUT2D eigenvalue weighted by Crippen LogP contribution is -2.39. The van der Waals surface area contributed by atoms with E-state index in [9.17, 15) is 14.7 Å². The van der Waals surface area contributed by atoms with Gasteiger partial charge in [0.25, 0.3) is 0 Å². The molecule has 18 heavy (non-hydrogen) atoms. The van der Waals surface area contributed by atoms with E-state index in [1.807, 2.05) is 6.07 Å². The molecule has 1 saturated carbocycles. The number of rotatable bonds is 5. The van der Waals surface area contributed by atoms with Crippen LogP contribution in [-0.4, -0.2) is 23.0 Å². The van der Waals surface area contributed by atoms with Gasteiger partial charge in [-0.1, -0.05) is 30.3 Å². The van der Waals surface area contributed by atoms with E-state index in [-0.39, 0.29) is 18.4 Å². The Labute approximate surface area is 106 Å². The highest BCUT2D eigenvalue weighted by Gasteiger charge is 2.38. The maximum absolute atomic E-state index is 11.8. The third kappa shape index (κ3) is 2.70. The van der Waals surface area contributed by atoms with Crippen molar-refractivity contribution >= 4 is 11.9 Å². The predicted molar refractivity (Wildman–Crippen MR) is 67.2 cm³/mol. The summed E-state index contributed by atoms with van der Waals surface area (Å²) in [7, 11) is 0. The summed E-state index contributed by atoms with van der Waals surface area (Å²) in [5.41, 5.74) is -0.510. The van der Waals surface area contributed by atoms with Crippen molar-refractivity contribution in [3.8, 4) is 0 Å². The number of aliphatic carboxylic acids is 1. The lowest BCUT2D eigenvalue weighted by atomic mass is 9.79. The number of carboxylic acids is 1. The monoisotopic (exact) mass is 247 g/mol. The van der Waals surface area contributed by atoms with Gasteiger partial charge < -0.3 is 10.4 Å². The van der Waals surface area contributed by atoms with Gasteiger partial charge in [-0.15, -0.1) is 0 Å². The van der Waals surface area contributed by atoms with Crippen LogP contribution in [0.25, 0.3) is 0 Å². The quantitative estimate of drug-likeness (QED) is 0.832. The molecule has 2 rings (SSSR count). The maximum atomic E-state index is 11.8. The first-order chi connectivity index (χ1) is 8.52. The molecular formula is C14H17NO3. The molecule has 1 aliphatic rings. The van der Waals surface area contributed by atoms with Crippen LogP contribution in [0.3, 0.4) is 0 Å². The van der Waals surface area contributed by atoms with Crippen molar-refractivity contribution in [2.24, 2.45) is 0 Å². The fourth-order valence-electron chi connectivity index (χ4n) is 1.93. The van der Waals surface area contributed by atoms with Gasteiger partial charge in [0.1, 0.15) is 0 Å². The van der Waals surface area contributed by atoms with Crippen molar-refractivity contribution < 1.29 is 14.7 Å². The largest absolute Gasteiger partial charge is 0.481 e. The number of hydrogen-bond acceptors (Lipinski definition) is 2. The molecule has 2 N–H and O–H groups in total. The summed E-state index contributed by atoms with van der Waals surface area (Å²) in [5, 5.41) is 12.2. The minimum Gasteiger partial charge on any atom is -0.481 e. The Morgan fingerprint density at radius 3 is 2.44 bits per heavy atom. The number of carbonyl (C=O) groups excluding carboxylic acids is 1. The number of nitrogens with one attached hydrogen (secondary N) is 1. The number of hydrogen-bond donors (Lipinski definition) is 2. The van der Waals surface area contributed by atoms with Crippen LogP contribution in [0.5, 0.6) is 0 Å². The molecule has 1 atom stereocenters. The first-order valence-corrected chi connectivity index (χ1v) is 6.10. The summed E-state index contributed by atoms with van der Waals surface area (Å²) in [6, 6.07) is 9.16. The summed E-state index contributed by atoms with van der Waals surface area (Å²) in [6.07, 6.45) is 1.98. The van der Waals surface area contributed by atoms with E-state index in [4.69, 9.17) is 0 Å². The second kappa shape index (κ2) is 4.80. The molecule has 0 aromatic heterocycles. The minimum atomic E-state index is -1.17. The molecule has 1 fully saturated rings. The molecule has 1 aromatic rings. The molecule has 0 aliphatic heterocycles. The minimum absolute atomic E-state index is 0.0250. The summed E-state index contributed by atoms with van der Waals surface area (Å²) in [6.45, 7) is 1.59. The summed E-state index contributed by atoms with van der Waals surface area (Å²) in [4.78, 5) is 23.3. The van der Waals surface area contributed by atoms with Crippen LogP contribution in [0.4, 0.5) is 0 Å². The molecule has 0 bridgehead atoms. The van der Waals surface area contributed by atoms with Gasteiger partial charge in [0.15, 0.2) is 0 Å². The standard InChI is InChI=1S/C14H17NO3/c1-14(13(17)18,10-5-3-2-4-6-10)9-12(16)15-11-7-8-11/h2-6,11H,7-9H2,1H3,(H,15,16)(H,17,18). The molecule has 96 valence electrons. The molecule has 1 unspecified atom stereocenters. The van der Waals surface area contributed by atoms with E-state index in [1.165, 1.54) is 0 Å². The second-order valence-electron chi connectivity index (χ2n) is 5.02. The average Bonchev–Trinajstić information content (AvgIpc) is 3.13. The van der Waals surface area contributed by atoms with Gasteiger partial charge in [-0.05, 0) is 25.3 Å². The van der Waals surface area contributed by atoms with Gasteiger partial charge in [-0.2, -0.15) is 0 Å². The topological polar surface area (TPSA) is 66.4 Å². The van der Waals surface area contributed by atoms with Crippen molar-refractivity contribution in [1.29, 1.82) is 0 Å². The van der Waals surface area contributed by atoms with Gasteiger partial charge in [-0.3, -0.25) is 9.59 Å². The summed E-state index contributed by atoms with van der Waals surface area (Å²) >= 11 is 0. The Hall–Kier alpha value is -1.84. The smallest absolute Gasteiger partial charge is 0.314 e. The second-order valence-corrected chi connectivity index (χ2v) is 5.02. The molecule has 0 heterocycles. The molecule has 4 nitrogen and oxygen atoms in total. The molecule has 0 spiro atoms. The van der Waals surface area contributed by atoms with Crippen LogP contribution in [0, 0.1) is 0 Å². The zero-order valence-electron chi connectivity index (χ0n) is 10.3. The number of amides is 1. The highest BCUT2D eigenvalue weighted by Crippen LogP contribution is 2.29. The van der Waals surface area contributed by atoms with Crippen molar-refractivity contribution in [3.63, 3.8) is 0 Å². The number of carboxylic acid groups (broad SMARTS) is 1. The zero-order chi connectivity index (χ0) is 13.2. The van der Waals surface area contributed by atoms with Gasteiger partial charge in [0.2, 0.25) is 5.91 Å². The zero-order valence-corrected chi connectivity index (χ0v) is 10.3. The Kier molecular flexibility index (Phi) is 3.36. The van der Waals surface area contributed by atoms with E-state index in [2.05, 4.69) is 5.32 Å². The van der Waals surface area contributed by atoms with Gasteiger partial charge in [0.05, 0.1) is 5.41 Å². The van der Waals surface area contributed by atoms with E-state index in [0.29, 0.717) is 5.56 Å². The molecule has 0 saturated heterocycles. The van der Waals surface area contributed by atoms with Crippen molar-refractivity contribution in [1.82, 2.24) is 5.32 Å². The maximum Gasteiger partial charge on any atom is 0.314 e. The van der Waals surface area contributed by atoms with Crippen LogP contribution in [0.2, 0.25) is 0 Å². The van der Waals surface area contributed by atoms with Crippen LogP contribution in [-0.2, 0) is 15.0 Å². The first kappa shape index (κ1) is 12.6. The van der Waals surface area contributed by atoms with E-state index in [0.717, 1.165) is 12.8 Å². The van der Waals surface area contributed by atoms with Crippen LogP contribution in [0.1, 0.15) is 31.7 Å². The molecule has 0 radical (unpaired) electrons. The Bertz CT molecular complexity index is 453. The Morgan fingerprint density at radius 2 is 1.94 bits per heavy atom. The van der Waals surface area contributed by atoms with Gasteiger partial charge >= 0.3 is 5.97 Å². The molecular weight excluding hydrogens is 230 g/mol. The highest BCUT2D eigenvalue weighted by atomic mass is 16.4. The summed E-state index contributed by atoms with van der Waals surface area (Å²) in [5.74, 6) is -1.16. The third-order valence-corrected chi connectivity index (χ3v) is 3.34. The fraction of sp³-hybridized carbons (Fsp3) is 0.429. The van der Waals surface area contributed by atoms with Crippen molar-refractivity contribution in [2.75, 3.05) is 0 Å². The van der Waals surface area contributed by atoms with Crippen molar-refractivity contribution in [2.45, 2.75) is 37.6 Å². The molecule has 4 heteroatoms. The van der Waals surface area contributed by atoms with E-state index in [1.54, 1.807) is 31.2 Å². The van der Waals surface area contributed by atoms with Crippen LogP contribution in [0.15, 0.2) is 30.3 Å². The lowest BCUT2D eigenvalue weighted by Gasteiger charge is -2.24. The molecule has 1 aliphatic carbocycles. The van der Waals surface area contributed by atoms with E-state index < -0.39 is 11.4 Å². The Morgan fingerprint density at radius 1 is 1.33 bits per heavy atom. The lowest BCUT2D eigenvalue weighted by molar-refractivity contribution is -0.145. The summed E-state index contributed by atoms with van der Waals surface area (Å²) < 4.78 is 0. The van der Waals surface area contributed by atoms with Crippen LogP contribution < -0.4 is 5.32 Å². The van der Waals surface area contributed by atoms with Crippen molar-refractivity contribution in [3.05, 3.63) is 35.9 Å². The number of carbonyl (C=O) groups is 2. The van der Waals surface area contributed by atoms with Crippen LogP contribution >= 0.6 is 0 Å². The predicted octanol–water partition coefficient (Wildman–Crippen LogP) is 1.70. The van der Waals surface area contributed by atoms with E-state index >= 15 is 0 Å². The highest BCUT2D eigenvalue weighted by molar-refractivity contribution is 5.89. The normalized spacial score (nSPS) is 17.8. The fourth-order valence-corrected chi connectivity index (χ4v) is 1.93. The van der Waals surface area contributed by atoms with Gasteiger partial charge in [0, 0.05) is 12.5 Å². The third-order valence-electron chi connectivity index (χ3n) is 3.34. The molecule has 1 amide bonds. The average molecular weight is 247 g/mol. The number of benzene rings is 1. The molecule has 1 aromatic carbocycles. The SMILES string of the molecule is CC(CC(=O)NC1CC1)(C(=O)O)c1ccccc1. The van der Waals surface area contributed by atoms with Gasteiger partial charge in [-0.25, -0.2) is 0 Å².